The lowest BCUT2D eigenvalue weighted by Crippen LogP contribution is -2.52. The molecule has 1 aliphatic rings. The summed E-state index contributed by atoms with van der Waals surface area (Å²) < 4.78 is 44.0. The van der Waals surface area contributed by atoms with Crippen LogP contribution >= 0.6 is 0 Å². The quantitative estimate of drug-likeness (QED) is 0.816. The van der Waals surface area contributed by atoms with Gasteiger partial charge in [-0.25, -0.2) is 9.97 Å². The molecule has 1 aliphatic heterocycles. The number of alkyl halides is 3. The summed E-state index contributed by atoms with van der Waals surface area (Å²) in [5, 5.41) is 0. The van der Waals surface area contributed by atoms with Crippen molar-refractivity contribution >= 4 is 11.7 Å². The molecule has 0 bridgehead atoms. The van der Waals surface area contributed by atoms with Crippen molar-refractivity contribution in [3.63, 3.8) is 0 Å². The first kappa shape index (κ1) is 18.9. The van der Waals surface area contributed by atoms with Crippen molar-refractivity contribution in [3.05, 3.63) is 48.4 Å². The SMILES string of the molecule is C[C@@H](Oc1ccccc1)C(=O)N1CCN(c2cc(C(F)(F)F)ncn2)CC1. The molecule has 27 heavy (non-hydrogen) atoms. The van der Waals surface area contributed by atoms with Gasteiger partial charge in [-0.05, 0) is 19.1 Å². The second-order valence-electron chi connectivity index (χ2n) is 6.14. The molecule has 1 amide bonds. The summed E-state index contributed by atoms with van der Waals surface area (Å²) in [5.41, 5.74) is -0.976. The highest BCUT2D eigenvalue weighted by Crippen LogP contribution is 2.29. The van der Waals surface area contributed by atoms with Crippen LogP contribution < -0.4 is 9.64 Å². The van der Waals surface area contributed by atoms with Crippen LogP contribution in [0.1, 0.15) is 12.6 Å². The molecule has 0 radical (unpaired) electrons. The maximum Gasteiger partial charge on any atom is 0.433 e. The summed E-state index contributed by atoms with van der Waals surface area (Å²) in [4.78, 5) is 23.1. The van der Waals surface area contributed by atoms with Crippen LogP contribution in [-0.4, -0.2) is 53.1 Å². The fourth-order valence-electron chi connectivity index (χ4n) is 2.84. The van der Waals surface area contributed by atoms with E-state index in [1.54, 1.807) is 28.9 Å². The molecule has 0 N–H and O–H groups in total. The number of nitrogens with zero attached hydrogens (tertiary/aromatic N) is 4. The molecule has 2 aromatic rings. The molecule has 6 nitrogen and oxygen atoms in total. The number of benzene rings is 1. The zero-order valence-electron chi connectivity index (χ0n) is 14.7. The predicted molar refractivity (Wildman–Crippen MR) is 92.4 cm³/mol. The van der Waals surface area contributed by atoms with E-state index < -0.39 is 18.0 Å². The summed E-state index contributed by atoms with van der Waals surface area (Å²) in [6.45, 7) is 3.22. The lowest BCUT2D eigenvalue weighted by molar-refractivity contribution is -0.141. The first-order valence-electron chi connectivity index (χ1n) is 8.49. The van der Waals surface area contributed by atoms with Gasteiger partial charge >= 0.3 is 6.18 Å². The zero-order chi connectivity index (χ0) is 19.4. The molecule has 1 atom stereocenters. The number of ether oxygens (including phenoxy) is 1. The summed E-state index contributed by atoms with van der Waals surface area (Å²) in [6.07, 6.45) is -4.25. The third kappa shape index (κ3) is 4.66. The molecular formula is C18H19F3N4O2. The van der Waals surface area contributed by atoms with Crippen LogP contribution in [0.4, 0.5) is 19.0 Å². The highest BCUT2D eigenvalue weighted by atomic mass is 19.4. The zero-order valence-corrected chi connectivity index (χ0v) is 14.7. The summed E-state index contributed by atoms with van der Waals surface area (Å²) >= 11 is 0. The Kier molecular flexibility index (Phi) is 5.48. The van der Waals surface area contributed by atoms with Crippen molar-refractivity contribution in [2.45, 2.75) is 19.2 Å². The van der Waals surface area contributed by atoms with Gasteiger partial charge in [-0.15, -0.1) is 0 Å². The minimum Gasteiger partial charge on any atom is -0.481 e. The molecule has 1 fully saturated rings. The molecule has 9 heteroatoms. The molecule has 0 spiro atoms. The second-order valence-corrected chi connectivity index (χ2v) is 6.14. The minimum atomic E-state index is -4.51. The molecule has 3 rings (SSSR count). The molecule has 0 aliphatic carbocycles. The summed E-state index contributed by atoms with van der Waals surface area (Å²) in [6, 6.07) is 9.98. The Bertz CT molecular complexity index is 778. The maximum atomic E-state index is 12.8. The van der Waals surface area contributed by atoms with E-state index in [4.69, 9.17) is 4.74 Å². The van der Waals surface area contributed by atoms with Crippen LogP contribution in [0, 0.1) is 0 Å². The van der Waals surface area contributed by atoms with Crippen molar-refractivity contribution in [1.29, 1.82) is 0 Å². The third-order valence-corrected chi connectivity index (χ3v) is 4.26. The molecule has 1 aromatic heterocycles. The Balaban J connectivity index is 1.58. The molecule has 1 saturated heterocycles. The molecule has 0 saturated carbocycles. The van der Waals surface area contributed by atoms with Crippen LogP contribution in [0.2, 0.25) is 0 Å². The number of halogens is 3. The third-order valence-electron chi connectivity index (χ3n) is 4.26. The average Bonchev–Trinajstić information content (AvgIpc) is 2.68. The Morgan fingerprint density at radius 1 is 1.11 bits per heavy atom. The second kappa shape index (κ2) is 7.81. The van der Waals surface area contributed by atoms with E-state index >= 15 is 0 Å². The number of hydrogen-bond acceptors (Lipinski definition) is 5. The normalized spacial score (nSPS) is 16.1. The van der Waals surface area contributed by atoms with Crippen molar-refractivity contribution in [3.8, 4) is 5.75 Å². The van der Waals surface area contributed by atoms with Crippen LogP contribution in [0.15, 0.2) is 42.7 Å². The van der Waals surface area contributed by atoms with Gasteiger partial charge < -0.3 is 14.5 Å². The number of anilines is 1. The lowest BCUT2D eigenvalue weighted by Gasteiger charge is -2.36. The number of hydrogen-bond donors (Lipinski definition) is 0. The number of rotatable bonds is 4. The van der Waals surface area contributed by atoms with Crippen molar-refractivity contribution in [2.75, 3.05) is 31.1 Å². The van der Waals surface area contributed by atoms with Crippen LogP contribution in [0.25, 0.3) is 0 Å². The van der Waals surface area contributed by atoms with Crippen LogP contribution in [0.5, 0.6) is 5.75 Å². The van der Waals surface area contributed by atoms with Gasteiger partial charge in [-0.3, -0.25) is 4.79 Å². The Hall–Kier alpha value is -2.84. The van der Waals surface area contributed by atoms with E-state index in [0.717, 1.165) is 12.4 Å². The number of aromatic nitrogens is 2. The van der Waals surface area contributed by atoms with E-state index in [0.29, 0.717) is 31.9 Å². The number of amides is 1. The van der Waals surface area contributed by atoms with Crippen molar-refractivity contribution in [1.82, 2.24) is 14.9 Å². The predicted octanol–water partition coefficient (Wildman–Crippen LogP) is 2.61. The Labute approximate surface area is 154 Å². The lowest BCUT2D eigenvalue weighted by atomic mass is 10.2. The molecule has 144 valence electrons. The van der Waals surface area contributed by atoms with Gasteiger partial charge in [0.15, 0.2) is 6.10 Å². The van der Waals surface area contributed by atoms with Gasteiger partial charge in [0.1, 0.15) is 23.6 Å². The average molecular weight is 380 g/mol. The van der Waals surface area contributed by atoms with Gasteiger partial charge in [0, 0.05) is 32.2 Å². The Morgan fingerprint density at radius 3 is 2.41 bits per heavy atom. The molecule has 1 aromatic carbocycles. The first-order valence-corrected chi connectivity index (χ1v) is 8.49. The summed E-state index contributed by atoms with van der Waals surface area (Å²) in [5.74, 6) is 0.660. The largest absolute Gasteiger partial charge is 0.481 e. The Morgan fingerprint density at radius 2 is 1.78 bits per heavy atom. The van der Waals surface area contributed by atoms with Gasteiger partial charge in [0.2, 0.25) is 0 Å². The van der Waals surface area contributed by atoms with Gasteiger partial charge in [-0.1, -0.05) is 18.2 Å². The monoisotopic (exact) mass is 380 g/mol. The fourth-order valence-corrected chi connectivity index (χ4v) is 2.84. The van der Waals surface area contributed by atoms with Gasteiger partial charge in [0.25, 0.3) is 5.91 Å². The van der Waals surface area contributed by atoms with Crippen molar-refractivity contribution < 1.29 is 22.7 Å². The molecule has 0 unspecified atom stereocenters. The highest BCUT2D eigenvalue weighted by molar-refractivity contribution is 5.81. The van der Waals surface area contributed by atoms with Crippen LogP contribution in [-0.2, 0) is 11.0 Å². The maximum absolute atomic E-state index is 12.8. The number of carbonyl (C=O) groups excluding carboxylic acids is 1. The summed E-state index contributed by atoms with van der Waals surface area (Å²) in [7, 11) is 0. The van der Waals surface area contributed by atoms with E-state index in [1.165, 1.54) is 0 Å². The molecule has 2 heterocycles. The van der Waals surface area contributed by atoms with Gasteiger partial charge in [-0.2, -0.15) is 13.2 Å². The topological polar surface area (TPSA) is 58.6 Å². The highest BCUT2D eigenvalue weighted by Gasteiger charge is 2.34. The number of carbonyl (C=O) groups is 1. The first-order chi connectivity index (χ1) is 12.8. The minimum absolute atomic E-state index is 0.155. The number of piperazine rings is 1. The van der Waals surface area contributed by atoms with Crippen LogP contribution in [0.3, 0.4) is 0 Å². The standard InChI is InChI=1S/C18H19F3N4O2/c1-13(27-14-5-3-2-4-6-14)17(26)25-9-7-24(8-10-25)16-11-15(18(19,20)21)22-12-23-16/h2-6,11-13H,7-10H2,1H3/t13-/m1/s1. The smallest absolute Gasteiger partial charge is 0.433 e. The molecular weight excluding hydrogens is 361 g/mol. The van der Waals surface area contributed by atoms with E-state index in [1.807, 2.05) is 18.2 Å². The number of para-hydroxylation sites is 1. The van der Waals surface area contributed by atoms with Crippen molar-refractivity contribution in [2.24, 2.45) is 0 Å². The van der Waals surface area contributed by atoms with E-state index in [2.05, 4.69) is 9.97 Å². The van der Waals surface area contributed by atoms with E-state index in [9.17, 15) is 18.0 Å². The van der Waals surface area contributed by atoms with E-state index in [-0.39, 0.29) is 11.7 Å². The van der Waals surface area contributed by atoms with Gasteiger partial charge in [0.05, 0.1) is 0 Å². The fraction of sp³-hybridized carbons (Fsp3) is 0.389.